The van der Waals surface area contributed by atoms with Crippen molar-refractivity contribution < 1.29 is 19.1 Å². The van der Waals surface area contributed by atoms with Crippen LogP contribution in [0, 0.1) is 5.41 Å². The smallest absolute Gasteiger partial charge is 0.328 e. The van der Waals surface area contributed by atoms with Crippen molar-refractivity contribution in [3.8, 4) is 5.75 Å². The number of hydrogen-bond donors (Lipinski definition) is 1. The van der Waals surface area contributed by atoms with Crippen molar-refractivity contribution in [3.05, 3.63) is 77.4 Å². The minimum Gasteiger partial charge on any atom is -0.426 e. The first-order chi connectivity index (χ1) is 20.0. The van der Waals surface area contributed by atoms with Gasteiger partial charge in [0.25, 0.3) is 11.9 Å². The highest BCUT2D eigenvalue weighted by molar-refractivity contribution is 6.13. The molecule has 7 rings (SSSR count). The molecule has 3 aliphatic heterocycles. The molecule has 3 amide bonds. The van der Waals surface area contributed by atoms with Crippen LogP contribution in [0.1, 0.15) is 43.9 Å². The zero-order valence-corrected chi connectivity index (χ0v) is 24.3. The standard InChI is InChI=1S/C33H33N5O4/c1-33(2)16-22-25-21-12-7-6-9-18(21)13-14-23(25)34-27(26(22)24(39)17-33)19-10-8-11-20(15-19)42-31-35-29-28(36(31)3)30(40)38(5)32(41)37(29)4/h6-15,27-29,34H,16-17H2,1-5H3/t27-,28+,29+/m1/s1. The van der Waals surface area contributed by atoms with Crippen LogP contribution in [-0.4, -0.2) is 71.8 Å². The van der Waals surface area contributed by atoms with E-state index in [1.54, 1.807) is 19.0 Å². The van der Waals surface area contributed by atoms with Crippen LogP contribution < -0.4 is 10.1 Å². The van der Waals surface area contributed by atoms with Crippen LogP contribution in [0.5, 0.6) is 5.75 Å². The van der Waals surface area contributed by atoms with Gasteiger partial charge < -0.3 is 19.9 Å². The molecule has 0 saturated carbocycles. The molecule has 1 saturated heterocycles. The molecular weight excluding hydrogens is 530 g/mol. The van der Waals surface area contributed by atoms with Gasteiger partial charge >= 0.3 is 6.03 Å². The predicted octanol–water partition coefficient (Wildman–Crippen LogP) is 5.05. The summed E-state index contributed by atoms with van der Waals surface area (Å²) >= 11 is 0. The molecule has 1 aliphatic carbocycles. The van der Waals surface area contributed by atoms with Crippen LogP contribution in [0.3, 0.4) is 0 Å². The van der Waals surface area contributed by atoms with Gasteiger partial charge in [0.2, 0.25) is 0 Å². The van der Waals surface area contributed by atoms with E-state index in [-0.39, 0.29) is 29.2 Å². The highest BCUT2D eigenvalue weighted by Crippen LogP contribution is 2.52. The fourth-order valence-corrected chi connectivity index (χ4v) is 6.88. The lowest BCUT2D eigenvalue weighted by Crippen LogP contribution is -2.63. The fraction of sp³-hybridized carbons (Fsp3) is 0.333. The highest BCUT2D eigenvalue weighted by atomic mass is 16.5. The number of carbonyl (C=O) groups is 3. The Labute approximate surface area is 244 Å². The van der Waals surface area contributed by atoms with Crippen LogP contribution in [-0.2, 0) is 9.59 Å². The molecule has 0 aromatic heterocycles. The number of nitrogens with zero attached hydrogens (tertiary/aromatic N) is 4. The van der Waals surface area contributed by atoms with E-state index >= 15 is 0 Å². The molecular formula is C33H33N5O4. The second kappa shape index (κ2) is 9.17. The van der Waals surface area contributed by atoms with Crippen molar-refractivity contribution in [3.63, 3.8) is 0 Å². The number of aliphatic imine (C=N–C) groups is 1. The van der Waals surface area contributed by atoms with Gasteiger partial charge in [-0.05, 0) is 51.9 Å². The Morgan fingerprint density at radius 3 is 2.52 bits per heavy atom. The van der Waals surface area contributed by atoms with E-state index < -0.39 is 18.2 Å². The summed E-state index contributed by atoms with van der Waals surface area (Å²) in [7, 11) is 4.85. The Hall–Kier alpha value is -4.66. The Bertz CT molecular complexity index is 1760. The van der Waals surface area contributed by atoms with Gasteiger partial charge in [0.1, 0.15) is 5.75 Å². The van der Waals surface area contributed by atoms with Crippen molar-refractivity contribution in [2.75, 3.05) is 26.5 Å². The summed E-state index contributed by atoms with van der Waals surface area (Å²) in [5.74, 6) is 0.365. The summed E-state index contributed by atoms with van der Waals surface area (Å²) in [5, 5.41) is 5.97. The molecule has 4 aliphatic rings. The zero-order valence-electron chi connectivity index (χ0n) is 24.3. The van der Waals surface area contributed by atoms with Gasteiger partial charge in [-0.15, -0.1) is 0 Å². The number of anilines is 1. The number of amidine groups is 1. The van der Waals surface area contributed by atoms with Gasteiger partial charge in [-0.25, -0.2) is 9.79 Å². The normalized spacial score (nSPS) is 24.8. The van der Waals surface area contributed by atoms with Crippen LogP contribution in [0.15, 0.2) is 71.2 Å². The fourth-order valence-electron chi connectivity index (χ4n) is 6.88. The summed E-state index contributed by atoms with van der Waals surface area (Å²) in [4.78, 5) is 48.0. The zero-order chi connectivity index (χ0) is 29.5. The number of benzene rings is 3. The van der Waals surface area contributed by atoms with E-state index in [0.29, 0.717) is 12.2 Å². The summed E-state index contributed by atoms with van der Waals surface area (Å²) in [6, 6.07) is 19.1. The molecule has 9 heteroatoms. The van der Waals surface area contributed by atoms with Gasteiger partial charge in [0.05, 0.1) is 6.04 Å². The van der Waals surface area contributed by atoms with Crippen LogP contribution in [0.2, 0.25) is 0 Å². The van der Waals surface area contributed by atoms with E-state index in [2.05, 4.69) is 48.4 Å². The van der Waals surface area contributed by atoms with Crippen molar-refractivity contribution in [2.45, 2.75) is 44.9 Å². The minimum absolute atomic E-state index is 0.140. The second-order valence-electron chi connectivity index (χ2n) is 12.5. The third-order valence-electron chi connectivity index (χ3n) is 8.95. The second-order valence-corrected chi connectivity index (χ2v) is 12.5. The highest BCUT2D eigenvalue weighted by Gasteiger charge is 2.50. The number of ether oxygens (including phenoxy) is 1. The Morgan fingerprint density at radius 2 is 1.71 bits per heavy atom. The first-order valence-corrected chi connectivity index (χ1v) is 14.2. The van der Waals surface area contributed by atoms with E-state index in [1.165, 1.54) is 11.9 Å². The molecule has 3 heterocycles. The molecule has 0 radical (unpaired) electrons. The number of nitrogens with one attached hydrogen (secondary N) is 1. The Kier molecular flexibility index (Phi) is 5.73. The van der Waals surface area contributed by atoms with Gasteiger partial charge in [-0.2, -0.15) is 0 Å². The minimum atomic E-state index is -0.661. The molecule has 0 bridgehead atoms. The number of ketones is 1. The number of Topliss-reactive ketones (excluding diaryl/α,β-unsaturated/α-hetero) is 1. The van der Waals surface area contributed by atoms with Crippen molar-refractivity contribution >= 4 is 45.8 Å². The molecule has 0 unspecified atom stereocenters. The molecule has 3 aromatic rings. The topological polar surface area (TPSA) is 94.5 Å². The molecule has 3 atom stereocenters. The number of amides is 3. The maximum Gasteiger partial charge on any atom is 0.328 e. The summed E-state index contributed by atoms with van der Waals surface area (Å²) in [6.07, 6.45) is 0.633. The number of likely N-dealkylation sites (N-methyl/N-ethyl adjacent to an activating group) is 3. The average Bonchev–Trinajstić information content (AvgIpc) is 3.29. The first-order valence-electron chi connectivity index (χ1n) is 14.2. The number of rotatable bonds is 2. The van der Waals surface area contributed by atoms with Crippen molar-refractivity contribution in [1.29, 1.82) is 0 Å². The molecule has 214 valence electrons. The molecule has 9 nitrogen and oxygen atoms in total. The third-order valence-corrected chi connectivity index (χ3v) is 8.95. The van der Waals surface area contributed by atoms with Gasteiger partial charge in [-0.1, -0.05) is 56.3 Å². The van der Waals surface area contributed by atoms with Crippen LogP contribution >= 0.6 is 0 Å². The third kappa shape index (κ3) is 3.90. The lowest BCUT2D eigenvalue weighted by atomic mass is 9.68. The van der Waals surface area contributed by atoms with Gasteiger partial charge in [0, 0.05) is 44.4 Å². The van der Waals surface area contributed by atoms with E-state index in [0.717, 1.165) is 50.1 Å². The molecule has 3 aromatic carbocycles. The maximum absolute atomic E-state index is 13.8. The van der Waals surface area contributed by atoms with E-state index in [9.17, 15) is 14.4 Å². The molecule has 1 fully saturated rings. The lowest BCUT2D eigenvalue weighted by molar-refractivity contribution is -0.135. The van der Waals surface area contributed by atoms with Crippen LogP contribution in [0.4, 0.5) is 10.5 Å². The number of carbonyl (C=O) groups excluding carboxylic acids is 3. The molecule has 42 heavy (non-hydrogen) atoms. The monoisotopic (exact) mass is 563 g/mol. The number of hydrogen-bond acceptors (Lipinski definition) is 7. The molecule has 0 spiro atoms. The maximum atomic E-state index is 13.8. The van der Waals surface area contributed by atoms with Crippen LogP contribution in [0.25, 0.3) is 16.3 Å². The number of allylic oxidation sites excluding steroid dienone is 1. The largest absolute Gasteiger partial charge is 0.426 e. The Balaban J connectivity index is 1.27. The summed E-state index contributed by atoms with van der Waals surface area (Å²) < 4.78 is 6.24. The predicted molar refractivity (Wildman–Crippen MR) is 161 cm³/mol. The number of fused-ring (bicyclic) bond motifs is 5. The summed E-state index contributed by atoms with van der Waals surface area (Å²) in [5.41, 5.74) is 4.80. The SMILES string of the molecule is CN1C(=O)[C@@H]2[C@@H](N=C(Oc3cccc([C@H]4Nc5ccc6ccccc6c5C5=C4C(=O)CC(C)(C)C5)c3)N2C)N(C)C1=O. The van der Waals surface area contributed by atoms with E-state index in [4.69, 9.17) is 4.74 Å². The Morgan fingerprint density at radius 1 is 0.929 bits per heavy atom. The lowest BCUT2D eigenvalue weighted by Gasteiger charge is -2.40. The van der Waals surface area contributed by atoms with Crippen molar-refractivity contribution in [1.82, 2.24) is 14.7 Å². The first kappa shape index (κ1) is 26.3. The van der Waals surface area contributed by atoms with Gasteiger partial charge in [-0.3, -0.25) is 14.5 Å². The van der Waals surface area contributed by atoms with Crippen molar-refractivity contribution in [2.24, 2.45) is 10.4 Å². The van der Waals surface area contributed by atoms with Gasteiger partial charge in [0.15, 0.2) is 18.0 Å². The summed E-state index contributed by atoms with van der Waals surface area (Å²) in [6.45, 7) is 4.32. The quantitative estimate of drug-likeness (QED) is 0.469. The number of urea groups is 1. The number of imide groups is 1. The average molecular weight is 564 g/mol. The molecule has 1 N–H and O–H groups in total. The van der Waals surface area contributed by atoms with E-state index in [1.807, 2.05) is 36.4 Å².